The van der Waals surface area contributed by atoms with Crippen LogP contribution >= 0.6 is 0 Å². The van der Waals surface area contributed by atoms with Gasteiger partial charge >= 0.3 is 0 Å². The molecular formula is C15H21N3O2. The van der Waals surface area contributed by atoms with E-state index in [-0.39, 0.29) is 5.60 Å². The van der Waals surface area contributed by atoms with Crippen LogP contribution in [0.5, 0.6) is 0 Å². The second kappa shape index (κ2) is 6.05. The molecule has 108 valence electrons. The molecule has 0 aliphatic carbocycles. The molecule has 0 aliphatic heterocycles. The molecule has 0 radical (unpaired) electrons. The first-order chi connectivity index (χ1) is 9.50. The van der Waals surface area contributed by atoms with Crippen molar-refractivity contribution in [3.63, 3.8) is 0 Å². The summed E-state index contributed by atoms with van der Waals surface area (Å²) >= 11 is 0. The molecule has 0 saturated carbocycles. The Hall–Kier alpha value is -1.88. The van der Waals surface area contributed by atoms with Crippen molar-refractivity contribution in [3.05, 3.63) is 30.7 Å². The van der Waals surface area contributed by atoms with Gasteiger partial charge in [-0.2, -0.15) is 0 Å². The highest BCUT2D eigenvalue weighted by Crippen LogP contribution is 2.21. The van der Waals surface area contributed by atoms with Crippen LogP contribution in [0.2, 0.25) is 0 Å². The fourth-order valence-electron chi connectivity index (χ4n) is 2.16. The van der Waals surface area contributed by atoms with Crippen molar-refractivity contribution in [2.75, 3.05) is 12.4 Å². The number of ether oxygens (including phenoxy) is 1. The fourth-order valence-corrected chi connectivity index (χ4v) is 2.16. The van der Waals surface area contributed by atoms with E-state index in [0.29, 0.717) is 11.9 Å². The molecular weight excluding hydrogens is 254 g/mol. The zero-order chi connectivity index (χ0) is 14.6. The van der Waals surface area contributed by atoms with Gasteiger partial charge in [0.1, 0.15) is 0 Å². The minimum absolute atomic E-state index is 0.129. The SMILES string of the molecule is COC(C)(C)CC(C)Nc1ccc(-c2nnco2)cc1. The Labute approximate surface area is 119 Å². The largest absolute Gasteiger partial charge is 0.423 e. The number of rotatable bonds is 6. The first kappa shape index (κ1) is 14.5. The van der Waals surface area contributed by atoms with Gasteiger partial charge < -0.3 is 14.5 Å². The Morgan fingerprint density at radius 2 is 2.00 bits per heavy atom. The van der Waals surface area contributed by atoms with Crippen LogP contribution in [-0.2, 0) is 4.74 Å². The number of methoxy groups -OCH3 is 1. The van der Waals surface area contributed by atoms with Gasteiger partial charge in [0.05, 0.1) is 5.60 Å². The van der Waals surface area contributed by atoms with E-state index in [0.717, 1.165) is 17.7 Å². The molecule has 1 aromatic carbocycles. The molecule has 0 amide bonds. The first-order valence-corrected chi connectivity index (χ1v) is 6.68. The number of hydrogen-bond donors (Lipinski definition) is 1. The molecule has 5 heteroatoms. The molecule has 2 aromatic rings. The average molecular weight is 275 g/mol. The molecule has 0 spiro atoms. The second-order valence-corrected chi connectivity index (χ2v) is 5.53. The fraction of sp³-hybridized carbons (Fsp3) is 0.467. The topological polar surface area (TPSA) is 60.2 Å². The summed E-state index contributed by atoms with van der Waals surface area (Å²) in [6.07, 6.45) is 2.26. The smallest absolute Gasteiger partial charge is 0.247 e. The van der Waals surface area contributed by atoms with E-state index in [9.17, 15) is 0 Å². The molecule has 20 heavy (non-hydrogen) atoms. The number of benzene rings is 1. The normalized spacial score (nSPS) is 13.2. The number of aromatic nitrogens is 2. The second-order valence-electron chi connectivity index (χ2n) is 5.53. The Kier molecular flexibility index (Phi) is 4.39. The van der Waals surface area contributed by atoms with E-state index < -0.39 is 0 Å². The predicted molar refractivity (Wildman–Crippen MR) is 78.5 cm³/mol. The zero-order valence-electron chi connectivity index (χ0n) is 12.4. The Morgan fingerprint density at radius 3 is 2.55 bits per heavy atom. The highest BCUT2D eigenvalue weighted by atomic mass is 16.5. The third-order valence-electron chi connectivity index (χ3n) is 3.26. The summed E-state index contributed by atoms with van der Waals surface area (Å²) < 4.78 is 10.6. The van der Waals surface area contributed by atoms with Crippen LogP contribution in [0.15, 0.2) is 35.1 Å². The zero-order valence-corrected chi connectivity index (χ0v) is 12.4. The lowest BCUT2D eigenvalue weighted by molar-refractivity contribution is 0.0128. The van der Waals surface area contributed by atoms with Gasteiger partial charge in [-0.25, -0.2) is 0 Å². The highest BCUT2D eigenvalue weighted by Gasteiger charge is 2.20. The van der Waals surface area contributed by atoms with E-state index in [1.165, 1.54) is 6.39 Å². The number of hydrogen-bond acceptors (Lipinski definition) is 5. The van der Waals surface area contributed by atoms with Gasteiger partial charge in [0.2, 0.25) is 12.3 Å². The van der Waals surface area contributed by atoms with Gasteiger partial charge in [-0.1, -0.05) is 0 Å². The summed E-state index contributed by atoms with van der Waals surface area (Å²) in [6, 6.07) is 8.26. The van der Waals surface area contributed by atoms with Crippen molar-refractivity contribution in [1.29, 1.82) is 0 Å². The number of nitrogens with one attached hydrogen (secondary N) is 1. The molecule has 0 fully saturated rings. The summed E-state index contributed by atoms with van der Waals surface area (Å²) in [5, 5.41) is 11.0. The van der Waals surface area contributed by atoms with E-state index in [4.69, 9.17) is 9.15 Å². The monoisotopic (exact) mass is 275 g/mol. The van der Waals surface area contributed by atoms with Gasteiger partial charge in [-0.05, 0) is 51.5 Å². The van der Waals surface area contributed by atoms with Gasteiger partial charge in [0.25, 0.3) is 0 Å². The van der Waals surface area contributed by atoms with Crippen molar-refractivity contribution in [2.24, 2.45) is 0 Å². The van der Waals surface area contributed by atoms with Crippen LogP contribution in [-0.4, -0.2) is 29.0 Å². The van der Waals surface area contributed by atoms with E-state index in [2.05, 4.69) is 36.3 Å². The summed E-state index contributed by atoms with van der Waals surface area (Å²) in [4.78, 5) is 0. The van der Waals surface area contributed by atoms with Gasteiger partial charge in [-0.15, -0.1) is 10.2 Å². The molecule has 5 nitrogen and oxygen atoms in total. The van der Waals surface area contributed by atoms with Crippen molar-refractivity contribution in [3.8, 4) is 11.5 Å². The van der Waals surface area contributed by atoms with E-state index >= 15 is 0 Å². The maximum Gasteiger partial charge on any atom is 0.247 e. The van der Waals surface area contributed by atoms with Crippen LogP contribution in [0.1, 0.15) is 27.2 Å². The predicted octanol–water partition coefficient (Wildman–Crippen LogP) is 3.35. The van der Waals surface area contributed by atoms with Crippen LogP contribution in [0.25, 0.3) is 11.5 Å². The maximum absolute atomic E-state index is 5.45. The molecule has 2 rings (SSSR count). The van der Waals surface area contributed by atoms with Gasteiger partial charge in [-0.3, -0.25) is 0 Å². The Bertz CT molecular complexity index is 521. The van der Waals surface area contributed by atoms with Crippen molar-refractivity contribution >= 4 is 5.69 Å². The van der Waals surface area contributed by atoms with Crippen LogP contribution in [0.4, 0.5) is 5.69 Å². The van der Waals surface area contributed by atoms with Crippen LogP contribution in [0, 0.1) is 0 Å². The van der Waals surface area contributed by atoms with Crippen LogP contribution in [0.3, 0.4) is 0 Å². The van der Waals surface area contributed by atoms with Crippen molar-refractivity contribution in [1.82, 2.24) is 10.2 Å². The molecule has 0 bridgehead atoms. The van der Waals surface area contributed by atoms with Crippen LogP contribution < -0.4 is 5.32 Å². The average Bonchev–Trinajstić information content (AvgIpc) is 2.93. The lowest BCUT2D eigenvalue weighted by atomic mass is 9.99. The summed E-state index contributed by atoms with van der Waals surface area (Å²) in [5.41, 5.74) is 1.85. The molecule has 0 aliphatic rings. The quantitative estimate of drug-likeness (QED) is 0.876. The lowest BCUT2D eigenvalue weighted by Crippen LogP contribution is -2.31. The first-order valence-electron chi connectivity index (χ1n) is 6.68. The molecule has 0 saturated heterocycles. The molecule has 1 N–H and O–H groups in total. The Morgan fingerprint density at radius 1 is 1.30 bits per heavy atom. The molecule has 1 unspecified atom stereocenters. The highest BCUT2D eigenvalue weighted by molar-refractivity contribution is 5.58. The van der Waals surface area contributed by atoms with Crippen molar-refractivity contribution in [2.45, 2.75) is 38.8 Å². The van der Waals surface area contributed by atoms with Gasteiger partial charge in [0.15, 0.2) is 0 Å². The number of nitrogens with zero attached hydrogens (tertiary/aromatic N) is 2. The van der Waals surface area contributed by atoms with Gasteiger partial charge in [0, 0.05) is 24.4 Å². The van der Waals surface area contributed by atoms with E-state index in [1.807, 2.05) is 24.3 Å². The number of anilines is 1. The minimum atomic E-state index is -0.129. The van der Waals surface area contributed by atoms with E-state index in [1.54, 1.807) is 7.11 Å². The summed E-state index contributed by atoms with van der Waals surface area (Å²) in [6.45, 7) is 6.32. The lowest BCUT2D eigenvalue weighted by Gasteiger charge is -2.27. The third kappa shape index (κ3) is 3.81. The Balaban J connectivity index is 1.97. The summed E-state index contributed by atoms with van der Waals surface area (Å²) in [5.74, 6) is 0.533. The molecule has 1 aromatic heterocycles. The molecule has 1 atom stereocenters. The standard InChI is InChI=1S/C15H21N3O2/c1-11(9-15(2,3)19-4)17-13-7-5-12(6-8-13)14-18-16-10-20-14/h5-8,10-11,17H,9H2,1-4H3. The maximum atomic E-state index is 5.45. The molecule has 1 heterocycles. The summed E-state index contributed by atoms with van der Waals surface area (Å²) in [7, 11) is 1.74. The third-order valence-corrected chi connectivity index (χ3v) is 3.26. The van der Waals surface area contributed by atoms with Crippen molar-refractivity contribution < 1.29 is 9.15 Å². The minimum Gasteiger partial charge on any atom is -0.423 e.